The molecule has 2 aromatic rings. The number of rotatable bonds is 6. The summed E-state index contributed by atoms with van der Waals surface area (Å²) in [6, 6.07) is 8.92. The number of hydrogen-bond acceptors (Lipinski definition) is 3. The summed E-state index contributed by atoms with van der Waals surface area (Å²) in [6.45, 7) is 4.56. The predicted octanol–water partition coefficient (Wildman–Crippen LogP) is 3.62. The maximum absolute atomic E-state index is 4.25. The van der Waals surface area contributed by atoms with E-state index < -0.39 is 0 Å². The fourth-order valence-corrected chi connectivity index (χ4v) is 3.66. The monoisotopic (exact) mass is 285 g/mol. The Morgan fingerprint density at radius 3 is 2.48 bits per heavy atom. The summed E-state index contributed by atoms with van der Waals surface area (Å²) in [5, 5.41) is 6.07. The molecule has 0 aliphatic heterocycles. The average Bonchev–Trinajstić information content (AvgIpc) is 2.52. The van der Waals surface area contributed by atoms with Gasteiger partial charge in [-0.3, -0.25) is 4.98 Å². The molecule has 3 heteroatoms. The van der Waals surface area contributed by atoms with Crippen molar-refractivity contribution in [2.75, 3.05) is 21.1 Å². The first-order chi connectivity index (χ1) is 10.1. The van der Waals surface area contributed by atoms with E-state index in [1.807, 2.05) is 12.4 Å². The first-order valence-electron chi connectivity index (χ1n) is 7.78. The van der Waals surface area contributed by atoms with E-state index in [0.717, 1.165) is 12.8 Å². The molecular weight excluding hydrogens is 258 g/mol. The summed E-state index contributed by atoms with van der Waals surface area (Å²) >= 11 is 0. The van der Waals surface area contributed by atoms with Gasteiger partial charge in [0.25, 0.3) is 0 Å². The number of benzene rings is 1. The third-order valence-electron chi connectivity index (χ3n) is 4.97. The number of pyridine rings is 1. The van der Waals surface area contributed by atoms with Crippen molar-refractivity contribution in [1.29, 1.82) is 0 Å². The molecule has 1 atom stereocenters. The van der Waals surface area contributed by atoms with Crippen LogP contribution in [0.2, 0.25) is 0 Å². The zero-order chi connectivity index (χ0) is 15.5. The van der Waals surface area contributed by atoms with Crippen LogP contribution < -0.4 is 5.32 Å². The van der Waals surface area contributed by atoms with Crippen LogP contribution >= 0.6 is 0 Å². The minimum absolute atomic E-state index is 0.103. The largest absolute Gasteiger partial charge is 0.311 e. The third kappa shape index (κ3) is 2.68. The molecule has 3 nitrogen and oxygen atoms in total. The van der Waals surface area contributed by atoms with Crippen LogP contribution in [0, 0.1) is 0 Å². The van der Waals surface area contributed by atoms with E-state index in [1.165, 1.54) is 16.3 Å². The quantitative estimate of drug-likeness (QED) is 0.878. The highest BCUT2D eigenvalue weighted by atomic mass is 15.2. The van der Waals surface area contributed by atoms with E-state index in [4.69, 9.17) is 0 Å². The second-order valence-corrected chi connectivity index (χ2v) is 5.87. The molecule has 1 unspecified atom stereocenters. The molecule has 0 amide bonds. The third-order valence-corrected chi connectivity index (χ3v) is 4.97. The lowest BCUT2D eigenvalue weighted by Crippen LogP contribution is -2.52. The minimum Gasteiger partial charge on any atom is -0.311 e. The molecule has 1 aromatic heterocycles. The molecule has 1 aromatic carbocycles. The normalized spacial score (nSPS) is 13.8. The van der Waals surface area contributed by atoms with Gasteiger partial charge in [-0.1, -0.05) is 32.0 Å². The Balaban J connectivity index is 2.63. The SMILES string of the molecule is CCC(CC)(C(NC)c1cccc2cnccc12)N(C)C. The molecule has 0 radical (unpaired) electrons. The lowest BCUT2D eigenvalue weighted by atomic mass is 9.78. The summed E-state index contributed by atoms with van der Waals surface area (Å²) in [7, 11) is 6.43. The van der Waals surface area contributed by atoms with Crippen LogP contribution in [0.3, 0.4) is 0 Å². The molecule has 0 fully saturated rings. The van der Waals surface area contributed by atoms with Crippen molar-refractivity contribution in [2.24, 2.45) is 0 Å². The summed E-state index contributed by atoms with van der Waals surface area (Å²) in [5.41, 5.74) is 1.46. The van der Waals surface area contributed by atoms with Gasteiger partial charge in [0.2, 0.25) is 0 Å². The van der Waals surface area contributed by atoms with Crippen LogP contribution in [-0.4, -0.2) is 36.6 Å². The number of nitrogens with one attached hydrogen (secondary N) is 1. The molecule has 1 heterocycles. The predicted molar refractivity (Wildman–Crippen MR) is 90.5 cm³/mol. The molecule has 0 saturated heterocycles. The van der Waals surface area contributed by atoms with Crippen LogP contribution in [-0.2, 0) is 0 Å². The Bertz CT molecular complexity index is 583. The van der Waals surface area contributed by atoms with Gasteiger partial charge in [-0.15, -0.1) is 0 Å². The Morgan fingerprint density at radius 1 is 1.19 bits per heavy atom. The number of hydrogen-bond donors (Lipinski definition) is 1. The van der Waals surface area contributed by atoms with Gasteiger partial charge in [0.15, 0.2) is 0 Å². The standard InChI is InChI=1S/C18H27N3/c1-6-18(7-2,21(4)5)17(19-3)16-10-8-9-14-13-20-12-11-15(14)16/h8-13,17,19H,6-7H2,1-5H3. The molecular formula is C18H27N3. The van der Waals surface area contributed by atoms with Crippen molar-refractivity contribution in [3.63, 3.8) is 0 Å². The maximum Gasteiger partial charge on any atom is 0.0510 e. The summed E-state index contributed by atoms with van der Waals surface area (Å²) in [4.78, 5) is 6.62. The van der Waals surface area contributed by atoms with Gasteiger partial charge < -0.3 is 10.2 Å². The molecule has 21 heavy (non-hydrogen) atoms. The van der Waals surface area contributed by atoms with E-state index >= 15 is 0 Å². The highest BCUT2D eigenvalue weighted by Crippen LogP contribution is 2.38. The van der Waals surface area contributed by atoms with Gasteiger partial charge in [0.1, 0.15) is 0 Å². The van der Waals surface area contributed by atoms with Gasteiger partial charge in [-0.25, -0.2) is 0 Å². The topological polar surface area (TPSA) is 28.2 Å². The zero-order valence-corrected chi connectivity index (χ0v) is 13.9. The molecule has 0 aliphatic carbocycles. The molecule has 0 aliphatic rings. The highest BCUT2D eigenvalue weighted by molar-refractivity contribution is 5.85. The number of fused-ring (bicyclic) bond motifs is 1. The van der Waals surface area contributed by atoms with E-state index in [2.05, 4.69) is 74.5 Å². The van der Waals surface area contributed by atoms with E-state index in [-0.39, 0.29) is 11.6 Å². The zero-order valence-electron chi connectivity index (χ0n) is 13.9. The van der Waals surface area contributed by atoms with Crippen LogP contribution in [0.5, 0.6) is 0 Å². The highest BCUT2D eigenvalue weighted by Gasteiger charge is 2.38. The first-order valence-corrected chi connectivity index (χ1v) is 7.78. The van der Waals surface area contributed by atoms with Crippen molar-refractivity contribution in [2.45, 2.75) is 38.3 Å². The molecule has 2 rings (SSSR count). The van der Waals surface area contributed by atoms with Crippen molar-refractivity contribution >= 4 is 10.8 Å². The molecule has 1 N–H and O–H groups in total. The van der Waals surface area contributed by atoms with E-state index in [0.29, 0.717) is 0 Å². The molecule has 0 spiro atoms. The Morgan fingerprint density at radius 2 is 1.90 bits per heavy atom. The summed E-state index contributed by atoms with van der Waals surface area (Å²) < 4.78 is 0. The Labute approximate surface area is 128 Å². The van der Waals surface area contributed by atoms with Crippen LogP contribution in [0.25, 0.3) is 10.8 Å². The lowest BCUT2D eigenvalue weighted by molar-refractivity contribution is 0.0924. The van der Waals surface area contributed by atoms with E-state index in [1.54, 1.807) is 0 Å². The van der Waals surface area contributed by atoms with Crippen molar-refractivity contribution in [1.82, 2.24) is 15.2 Å². The van der Waals surface area contributed by atoms with Gasteiger partial charge in [-0.05, 0) is 51.0 Å². The van der Waals surface area contributed by atoms with Crippen molar-refractivity contribution < 1.29 is 0 Å². The van der Waals surface area contributed by atoms with Crippen LogP contribution in [0.1, 0.15) is 38.3 Å². The van der Waals surface area contributed by atoms with E-state index in [9.17, 15) is 0 Å². The van der Waals surface area contributed by atoms with Gasteiger partial charge in [0, 0.05) is 23.3 Å². The molecule has 0 saturated carbocycles. The van der Waals surface area contributed by atoms with Gasteiger partial charge in [0.05, 0.1) is 6.04 Å². The van der Waals surface area contributed by atoms with Crippen LogP contribution in [0.15, 0.2) is 36.7 Å². The first kappa shape index (κ1) is 15.9. The van der Waals surface area contributed by atoms with Crippen LogP contribution in [0.4, 0.5) is 0 Å². The average molecular weight is 285 g/mol. The number of aromatic nitrogens is 1. The van der Waals surface area contributed by atoms with Gasteiger partial charge >= 0.3 is 0 Å². The lowest BCUT2D eigenvalue weighted by Gasteiger charge is -2.45. The van der Waals surface area contributed by atoms with Gasteiger partial charge in [-0.2, -0.15) is 0 Å². The molecule has 0 bridgehead atoms. The number of nitrogens with zero attached hydrogens (tertiary/aromatic N) is 2. The smallest absolute Gasteiger partial charge is 0.0510 e. The fourth-order valence-electron chi connectivity index (χ4n) is 3.66. The fraction of sp³-hybridized carbons (Fsp3) is 0.500. The van der Waals surface area contributed by atoms with Crippen molar-refractivity contribution in [3.8, 4) is 0 Å². The molecule has 114 valence electrons. The Hall–Kier alpha value is -1.45. The minimum atomic E-state index is 0.103. The summed E-state index contributed by atoms with van der Waals surface area (Å²) in [5.74, 6) is 0. The van der Waals surface area contributed by atoms with Crippen molar-refractivity contribution in [3.05, 3.63) is 42.2 Å². The Kier molecular flexibility index (Phi) is 4.96. The second kappa shape index (κ2) is 6.54. The second-order valence-electron chi connectivity index (χ2n) is 5.87. The maximum atomic E-state index is 4.25. The number of likely N-dealkylation sites (N-methyl/N-ethyl adjacent to an activating group) is 2. The summed E-state index contributed by atoms with van der Waals surface area (Å²) in [6.07, 6.45) is 6.03.